The molecule has 31 heavy (non-hydrogen) atoms. The van der Waals surface area contributed by atoms with Crippen molar-refractivity contribution in [1.82, 2.24) is 19.4 Å². The molecule has 3 aromatic rings. The number of anilines is 1. The number of aromatic nitrogens is 3. The first-order valence-electron chi connectivity index (χ1n) is 9.49. The predicted octanol–water partition coefficient (Wildman–Crippen LogP) is 3.27. The summed E-state index contributed by atoms with van der Waals surface area (Å²) in [7, 11) is 0. The molecule has 7 nitrogen and oxygen atoms in total. The molecule has 0 bridgehead atoms. The third-order valence-electron chi connectivity index (χ3n) is 5.00. The number of alkyl halides is 3. The minimum absolute atomic E-state index is 0.00530. The van der Waals surface area contributed by atoms with E-state index in [1.54, 1.807) is 35.4 Å². The number of rotatable bonds is 5. The molecule has 0 radical (unpaired) electrons. The number of hydrogen-bond donors (Lipinski definition) is 1. The Morgan fingerprint density at radius 3 is 2.74 bits per heavy atom. The first kappa shape index (κ1) is 20.6. The Morgan fingerprint density at radius 2 is 2.06 bits per heavy atom. The number of carbonyl (C=O) groups excluding carboxylic acids is 2. The van der Waals surface area contributed by atoms with Crippen LogP contribution in [0.2, 0.25) is 0 Å². The molecular weight excluding hydrogens is 411 g/mol. The van der Waals surface area contributed by atoms with E-state index >= 15 is 0 Å². The van der Waals surface area contributed by atoms with Gasteiger partial charge in [-0.3, -0.25) is 14.2 Å². The number of amides is 2. The Bertz CT molecular complexity index is 1080. The summed E-state index contributed by atoms with van der Waals surface area (Å²) in [6.07, 6.45) is 2.03. The number of likely N-dealkylation sites (tertiary alicyclic amines) is 1. The lowest BCUT2D eigenvalue weighted by molar-refractivity contribution is -0.137. The Kier molecular flexibility index (Phi) is 5.45. The maximum atomic E-state index is 12.9. The molecule has 0 aliphatic carbocycles. The summed E-state index contributed by atoms with van der Waals surface area (Å²) in [4.78, 5) is 34.5. The van der Waals surface area contributed by atoms with E-state index in [1.807, 2.05) is 0 Å². The number of carbonyl (C=O) groups is 2. The third-order valence-corrected chi connectivity index (χ3v) is 5.00. The van der Waals surface area contributed by atoms with Crippen molar-refractivity contribution in [2.45, 2.75) is 19.1 Å². The van der Waals surface area contributed by atoms with Gasteiger partial charge in [0.05, 0.1) is 23.4 Å². The molecule has 0 unspecified atom stereocenters. The number of pyridine rings is 1. The van der Waals surface area contributed by atoms with Crippen molar-refractivity contribution in [3.05, 3.63) is 72.4 Å². The van der Waals surface area contributed by atoms with Crippen LogP contribution >= 0.6 is 0 Å². The fourth-order valence-corrected chi connectivity index (χ4v) is 3.42. The molecule has 1 aliphatic heterocycles. The van der Waals surface area contributed by atoms with Crippen molar-refractivity contribution in [2.75, 3.05) is 11.9 Å². The molecule has 10 heteroatoms. The Balaban J connectivity index is 1.37. The zero-order chi connectivity index (χ0) is 22.0. The fourth-order valence-electron chi connectivity index (χ4n) is 3.42. The highest BCUT2D eigenvalue weighted by Crippen LogP contribution is 2.30. The summed E-state index contributed by atoms with van der Waals surface area (Å²) in [5.74, 6) is -0.561. The summed E-state index contributed by atoms with van der Waals surface area (Å²) in [6.45, 7) is 0.162. The summed E-state index contributed by atoms with van der Waals surface area (Å²) < 4.78 is 40.4. The van der Waals surface area contributed by atoms with Gasteiger partial charge in [-0.15, -0.1) is 0 Å². The minimum atomic E-state index is -4.45. The van der Waals surface area contributed by atoms with Gasteiger partial charge in [0.1, 0.15) is 12.1 Å². The van der Waals surface area contributed by atoms with Crippen molar-refractivity contribution in [3.63, 3.8) is 0 Å². The van der Waals surface area contributed by atoms with Crippen LogP contribution in [0.1, 0.15) is 17.5 Å². The molecule has 1 atom stereocenters. The van der Waals surface area contributed by atoms with Gasteiger partial charge in [-0.25, -0.2) is 9.97 Å². The van der Waals surface area contributed by atoms with Crippen LogP contribution in [-0.4, -0.2) is 37.8 Å². The van der Waals surface area contributed by atoms with Gasteiger partial charge in [0.2, 0.25) is 11.8 Å². The zero-order valence-electron chi connectivity index (χ0n) is 16.2. The van der Waals surface area contributed by atoms with Crippen molar-refractivity contribution < 1.29 is 22.8 Å². The van der Waals surface area contributed by atoms with Gasteiger partial charge in [-0.05, 0) is 29.8 Å². The number of hydrogen-bond acceptors (Lipinski definition) is 4. The molecule has 4 rings (SSSR count). The van der Waals surface area contributed by atoms with Crippen LogP contribution in [0.5, 0.6) is 0 Å². The fraction of sp³-hybridized carbons (Fsp3) is 0.238. The summed E-state index contributed by atoms with van der Waals surface area (Å²) in [5.41, 5.74) is 0.0822. The predicted molar refractivity (Wildman–Crippen MR) is 105 cm³/mol. The second-order valence-electron chi connectivity index (χ2n) is 7.24. The molecule has 0 spiro atoms. The van der Waals surface area contributed by atoms with Gasteiger partial charge in [0.15, 0.2) is 0 Å². The highest BCUT2D eigenvalue weighted by Gasteiger charge is 2.35. The summed E-state index contributed by atoms with van der Waals surface area (Å²) in [5, 5.41) is 2.74. The van der Waals surface area contributed by atoms with Crippen molar-refractivity contribution in [2.24, 2.45) is 5.92 Å². The molecule has 1 aliphatic rings. The van der Waals surface area contributed by atoms with E-state index < -0.39 is 17.7 Å². The van der Waals surface area contributed by atoms with Crippen LogP contribution in [0.4, 0.5) is 18.9 Å². The quantitative estimate of drug-likeness (QED) is 0.675. The maximum Gasteiger partial charge on any atom is 0.416 e. The second kappa shape index (κ2) is 8.21. The third kappa shape index (κ3) is 4.73. The zero-order valence-corrected chi connectivity index (χ0v) is 16.2. The van der Waals surface area contributed by atoms with E-state index in [2.05, 4.69) is 15.3 Å². The van der Waals surface area contributed by atoms with Gasteiger partial charge in [-0.1, -0.05) is 12.1 Å². The lowest BCUT2D eigenvalue weighted by Crippen LogP contribution is -2.28. The van der Waals surface area contributed by atoms with E-state index in [0.29, 0.717) is 17.1 Å². The average molecular weight is 429 g/mol. The van der Waals surface area contributed by atoms with Crippen molar-refractivity contribution in [1.29, 1.82) is 0 Å². The smallest absolute Gasteiger partial charge is 0.338 e. The van der Waals surface area contributed by atoms with Gasteiger partial charge in [0.25, 0.3) is 0 Å². The molecule has 160 valence electrons. The first-order chi connectivity index (χ1) is 14.8. The first-order valence-corrected chi connectivity index (χ1v) is 9.49. The average Bonchev–Trinajstić information content (AvgIpc) is 3.39. The summed E-state index contributed by atoms with van der Waals surface area (Å²) in [6, 6.07) is 8.26. The van der Waals surface area contributed by atoms with Gasteiger partial charge < -0.3 is 10.2 Å². The van der Waals surface area contributed by atoms with E-state index in [-0.39, 0.29) is 31.3 Å². The number of nitrogens with zero attached hydrogens (tertiary/aromatic N) is 4. The topological polar surface area (TPSA) is 80.1 Å². The monoisotopic (exact) mass is 429 g/mol. The lowest BCUT2D eigenvalue weighted by Gasteiger charge is -2.17. The number of halogens is 3. The molecule has 1 aromatic carbocycles. The Morgan fingerprint density at radius 1 is 1.23 bits per heavy atom. The van der Waals surface area contributed by atoms with Crippen LogP contribution in [0.15, 0.2) is 61.3 Å². The molecule has 0 saturated carbocycles. The van der Waals surface area contributed by atoms with E-state index in [4.69, 9.17) is 0 Å². The minimum Gasteiger partial charge on any atom is -0.338 e. The molecule has 3 heterocycles. The largest absolute Gasteiger partial charge is 0.416 e. The van der Waals surface area contributed by atoms with E-state index in [1.165, 1.54) is 23.2 Å². The van der Waals surface area contributed by atoms with Gasteiger partial charge in [-0.2, -0.15) is 13.2 Å². The maximum absolute atomic E-state index is 12.9. The van der Waals surface area contributed by atoms with Crippen LogP contribution < -0.4 is 5.32 Å². The van der Waals surface area contributed by atoms with Crippen LogP contribution in [0, 0.1) is 5.92 Å². The van der Waals surface area contributed by atoms with Gasteiger partial charge >= 0.3 is 6.18 Å². The SMILES string of the molecule is O=C(Nc1ccc(-n2ccnc2)nc1)[C@H]1CC(=O)N(Cc2cccc(C(F)(F)F)c2)C1. The Labute approximate surface area is 175 Å². The molecule has 1 fully saturated rings. The number of benzene rings is 1. The van der Waals surface area contributed by atoms with E-state index in [9.17, 15) is 22.8 Å². The molecule has 2 amide bonds. The molecular formula is C21H18F3N5O2. The van der Waals surface area contributed by atoms with Crippen LogP contribution in [0.25, 0.3) is 5.82 Å². The Hall–Kier alpha value is -3.69. The summed E-state index contributed by atoms with van der Waals surface area (Å²) >= 11 is 0. The number of imidazole rings is 1. The van der Waals surface area contributed by atoms with Crippen molar-refractivity contribution in [3.8, 4) is 5.82 Å². The van der Waals surface area contributed by atoms with Crippen LogP contribution in [-0.2, 0) is 22.3 Å². The van der Waals surface area contributed by atoms with Gasteiger partial charge in [0, 0.05) is 31.9 Å². The lowest BCUT2D eigenvalue weighted by atomic mass is 10.1. The highest BCUT2D eigenvalue weighted by atomic mass is 19.4. The standard InChI is InChI=1S/C21H18F3N5O2/c22-21(23,24)16-3-1-2-14(8-16)11-29-12-15(9-19(29)30)20(31)27-17-4-5-18(26-10-17)28-7-6-25-13-28/h1-8,10,13,15H,9,11-12H2,(H,27,31)/t15-/m0/s1. The van der Waals surface area contributed by atoms with Crippen LogP contribution in [0.3, 0.4) is 0 Å². The molecule has 2 aromatic heterocycles. The van der Waals surface area contributed by atoms with E-state index in [0.717, 1.165) is 12.1 Å². The molecule has 1 N–H and O–H groups in total. The molecule has 1 saturated heterocycles. The number of nitrogens with one attached hydrogen (secondary N) is 1. The normalized spacial score (nSPS) is 16.5. The van der Waals surface area contributed by atoms with Crippen molar-refractivity contribution >= 4 is 17.5 Å². The second-order valence-corrected chi connectivity index (χ2v) is 7.24. The highest BCUT2D eigenvalue weighted by molar-refractivity contribution is 5.97.